The molecule has 1 amide bonds. The molecule has 7 nitrogen and oxygen atoms in total. The summed E-state index contributed by atoms with van der Waals surface area (Å²) in [4.78, 5) is 15.7. The van der Waals surface area contributed by atoms with Gasteiger partial charge in [0.15, 0.2) is 0 Å². The summed E-state index contributed by atoms with van der Waals surface area (Å²) in [6, 6.07) is 7.24. The van der Waals surface area contributed by atoms with E-state index < -0.39 is 33.3 Å². The zero-order valence-corrected chi connectivity index (χ0v) is 16.5. The summed E-state index contributed by atoms with van der Waals surface area (Å²) in [5.41, 5.74) is -0.817. The molecule has 0 aliphatic rings. The number of aromatic nitrogens is 2. The number of nitrogens with zero attached hydrogens (tertiary/aromatic N) is 2. The van der Waals surface area contributed by atoms with Crippen LogP contribution in [0, 0.1) is 11.6 Å². The summed E-state index contributed by atoms with van der Waals surface area (Å²) >= 11 is 5.94. The molecule has 0 unspecified atom stereocenters. The molecular formula is C18H14ClF2N3O4S. The SMILES string of the molecule is CCOc1ccc(Cl)c(S(=O)(=O)NC(=O)c2cn(-c3c(F)cccc3F)cn2)c1. The summed E-state index contributed by atoms with van der Waals surface area (Å²) in [6.07, 6.45) is 2.00. The highest BCUT2D eigenvalue weighted by Crippen LogP contribution is 2.26. The minimum absolute atomic E-state index is 0.118. The summed E-state index contributed by atoms with van der Waals surface area (Å²) in [5, 5.41) is -0.118. The Morgan fingerprint density at radius 2 is 1.93 bits per heavy atom. The Labute approximate surface area is 169 Å². The largest absolute Gasteiger partial charge is 0.494 e. The molecule has 1 aromatic heterocycles. The summed E-state index contributed by atoms with van der Waals surface area (Å²) in [5.74, 6) is -2.59. The fourth-order valence-electron chi connectivity index (χ4n) is 2.47. The number of para-hydroxylation sites is 1. The van der Waals surface area contributed by atoms with Crippen LogP contribution in [0.4, 0.5) is 8.78 Å². The predicted molar refractivity (Wildman–Crippen MR) is 101 cm³/mol. The molecule has 0 bridgehead atoms. The number of benzene rings is 2. The van der Waals surface area contributed by atoms with E-state index in [2.05, 4.69) is 4.98 Å². The lowest BCUT2D eigenvalue weighted by Crippen LogP contribution is -2.31. The van der Waals surface area contributed by atoms with Gasteiger partial charge >= 0.3 is 0 Å². The molecule has 3 rings (SSSR count). The first-order valence-electron chi connectivity index (χ1n) is 8.21. The van der Waals surface area contributed by atoms with Crippen molar-refractivity contribution in [2.45, 2.75) is 11.8 Å². The highest BCUT2D eigenvalue weighted by molar-refractivity contribution is 7.90. The van der Waals surface area contributed by atoms with E-state index in [0.29, 0.717) is 6.61 Å². The van der Waals surface area contributed by atoms with Crippen LogP contribution in [-0.4, -0.2) is 30.5 Å². The molecule has 0 aliphatic heterocycles. The van der Waals surface area contributed by atoms with E-state index in [0.717, 1.165) is 29.2 Å². The summed E-state index contributed by atoms with van der Waals surface area (Å²) in [6.45, 7) is 2.02. The molecule has 3 aromatic rings. The molecule has 11 heteroatoms. The molecule has 152 valence electrons. The lowest BCUT2D eigenvalue weighted by Gasteiger charge is -2.10. The zero-order valence-electron chi connectivity index (χ0n) is 14.9. The van der Waals surface area contributed by atoms with Crippen molar-refractivity contribution >= 4 is 27.5 Å². The standard InChI is InChI=1S/C18H14ClF2N3O4S/c1-2-28-11-6-7-12(19)16(8-11)29(26,27)23-18(25)15-9-24(10-22-15)17-13(20)4-3-5-14(17)21/h3-10H,2H2,1H3,(H,23,25). The first kappa shape index (κ1) is 20.7. The number of hydrogen-bond donors (Lipinski definition) is 1. The first-order chi connectivity index (χ1) is 13.7. The average molecular weight is 442 g/mol. The van der Waals surface area contributed by atoms with Gasteiger partial charge in [0.25, 0.3) is 15.9 Å². The van der Waals surface area contributed by atoms with E-state index in [-0.39, 0.29) is 21.4 Å². The van der Waals surface area contributed by atoms with Crippen LogP contribution in [0.3, 0.4) is 0 Å². The number of carbonyl (C=O) groups is 1. The van der Waals surface area contributed by atoms with E-state index in [1.165, 1.54) is 24.3 Å². The molecule has 0 spiro atoms. The second-order valence-corrected chi connectivity index (χ2v) is 7.75. The number of rotatable bonds is 6. The average Bonchev–Trinajstić information content (AvgIpc) is 3.13. The number of sulfonamides is 1. The van der Waals surface area contributed by atoms with Gasteiger partial charge < -0.3 is 9.30 Å². The van der Waals surface area contributed by atoms with Gasteiger partial charge in [0, 0.05) is 12.3 Å². The predicted octanol–water partition coefficient (Wildman–Crippen LogP) is 3.32. The topological polar surface area (TPSA) is 90.3 Å². The molecule has 1 N–H and O–H groups in total. The monoisotopic (exact) mass is 441 g/mol. The Morgan fingerprint density at radius 1 is 1.24 bits per heavy atom. The minimum atomic E-state index is -4.36. The van der Waals surface area contributed by atoms with Gasteiger partial charge in [-0.15, -0.1) is 0 Å². The van der Waals surface area contributed by atoms with Crippen molar-refractivity contribution in [1.82, 2.24) is 14.3 Å². The molecule has 0 aliphatic carbocycles. The Kier molecular flexibility index (Phi) is 5.85. The van der Waals surface area contributed by atoms with Crippen molar-refractivity contribution in [2.75, 3.05) is 6.61 Å². The summed E-state index contributed by atoms with van der Waals surface area (Å²) < 4.78 is 60.8. The molecule has 0 saturated carbocycles. The van der Waals surface area contributed by atoms with Gasteiger partial charge in [0.05, 0.1) is 11.6 Å². The van der Waals surface area contributed by atoms with E-state index >= 15 is 0 Å². The van der Waals surface area contributed by atoms with Crippen molar-refractivity contribution in [1.29, 1.82) is 0 Å². The molecule has 0 fully saturated rings. The Balaban J connectivity index is 1.87. The highest BCUT2D eigenvalue weighted by Gasteiger charge is 2.24. The third kappa shape index (κ3) is 4.38. The van der Waals surface area contributed by atoms with Crippen LogP contribution in [0.25, 0.3) is 5.69 Å². The maximum absolute atomic E-state index is 13.9. The number of hydrogen-bond acceptors (Lipinski definition) is 5. The van der Waals surface area contributed by atoms with Gasteiger partial charge in [0.2, 0.25) is 0 Å². The van der Waals surface area contributed by atoms with Crippen LogP contribution in [0.1, 0.15) is 17.4 Å². The number of nitrogens with one attached hydrogen (secondary N) is 1. The van der Waals surface area contributed by atoms with E-state index in [4.69, 9.17) is 16.3 Å². The number of halogens is 3. The number of imidazole rings is 1. The van der Waals surface area contributed by atoms with Gasteiger partial charge in [0.1, 0.15) is 40.0 Å². The number of ether oxygens (including phenoxy) is 1. The molecule has 0 saturated heterocycles. The quantitative estimate of drug-likeness (QED) is 0.633. The molecule has 1 heterocycles. The number of amides is 1. The van der Waals surface area contributed by atoms with Crippen molar-refractivity contribution in [3.63, 3.8) is 0 Å². The third-order valence-corrected chi connectivity index (χ3v) is 5.55. The second-order valence-electron chi connectivity index (χ2n) is 5.70. The van der Waals surface area contributed by atoms with Gasteiger partial charge in [-0.25, -0.2) is 26.9 Å². The number of carbonyl (C=O) groups excluding carboxylic acids is 1. The fourth-order valence-corrected chi connectivity index (χ4v) is 3.95. The highest BCUT2D eigenvalue weighted by atomic mass is 35.5. The van der Waals surface area contributed by atoms with Crippen LogP contribution in [0.2, 0.25) is 5.02 Å². The van der Waals surface area contributed by atoms with E-state index in [1.54, 1.807) is 6.92 Å². The smallest absolute Gasteiger partial charge is 0.285 e. The van der Waals surface area contributed by atoms with E-state index in [1.807, 2.05) is 4.72 Å². The second kappa shape index (κ2) is 8.18. The third-order valence-electron chi connectivity index (χ3n) is 3.74. The van der Waals surface area contributed by atoms with Crippen molar-refractivity contribution in [2.24, 2.45) is 0 Å². The van der Waals surface area contributed by atoms with Gasteiger partial charge in [-0.05, 0) is 31.2 Å². The molecule has 0 atom stereocenters. The van der Waals surface area contributed by atoms with Crippen LogP contribution >= 0.6 is 11.6 Å². The fraction of sp³-hybridized carbons (Fsp3) is 0.111. The maximum atomic E-state index is 13.9. The Bertz CT molecular complexity index is 1160. The summed E-state index contributed by atoms with van der Waals surface area (Å²) in [7, 11) is -4.36. The van der Waals surface area contributed by atoms with Crippen LogP contribution in [0.15, 0.2) is 53.8 Å². The zero-order chi connectivity index (χ0) is 21.2. The normalized spacial score (nSPS) is 11.3. The van der Waals surface area contributed by atoms with Crippen LogP contribution in [0.5, 0.6) is 5.75 Å². The first-order valence-corrected chi connectivity index (χ1v) is 10.1. The molecule has 0 radical (unpaired) electrons. The lowest BCUT2D eigenvalue weighted by atomic mass is 10.3. The maximum Gasteiger partial charge on any atom is 0.285 e. The van der Waals surface area contributed by atoms with Crippen molar-refractivity contribution in [3.05, 3.63) is 71.3 Å². The minimum Gasteiger partial charge on any atom is -0.494 e. The van der Waals surface area contributed by atoms with Gasteiger partial charge in [-0.1, -0.05) is 17.7 Å². The van der Waals surface area contributed by atoms with Crippen molar-refractivity contribution in [3.8, 4) is 11.4 Å². The molecular weight excluding hydrogens is 428 g/mol. The van der Waals surface area contributed by atoms with E-state index in [9.17, 15) is 22.0 Å². The Hall–Kier alpha value is -2.98. The van der Waals surface area contributed by atoms with Crippen LogP contribution < -0.4 is 9.46 Å². The Morgan fingerprint density at radius 3 is 2.59 bits per heavy atom. The van der Waals surface area contributed by atoms with Crippen LogP contribution in [-0.2, 0) is 10.0 Å². The van der Waals surface area contributed by atoms with Gasteiger partial charge in [-0.3, -0.25) is 4.79 Å². The van der Waals surface area contributed by atoms with Gasteiger partial charge in [-0.2, -0.15) is 0 Å². The molecule has 29 heavy (non-hydrogen) atoms. The molecule has 2 aromatic carbocycles. The lowest BCUT2D eigenvalue weighted by molar-refractivity contribution is 0.0977. The van der Waals surface area contributed by atoms with Crippen molar-refractivity contribution < 1.29 is 26.7 Å².